The van der Waals surface area contributed by atoms with E-state index in [9.17, 15) is 20.4 Å². The molecule has 0 aliphatic heterocycles. The smallest absolute Gasteiger partial charge is 0.119 e. The third-order valence-electron chi connectivity index (χ3n) is 5.60. The molecular weight excluding hydrogens is 400 g/mol. The Labute approximate surface area is 188 Å². The SMILES string of the molecule is CC(c1ccc(O)cc1)c1ccccc1O.CC(c1ccccc1O)c1ccccc1O. The summed E-state index contributed by atoms with van der Waals surface area (Å²) in [5, 5.41) is 38.5. The minimum absolute atomic E-state index is 0.0256. The molecule has 4 aromatic rings. The number of rotatable bonds is 4. The van der Waals surface area contributed by atoms with E-state index in [-0.39, 0.29) is 29.1 Å². The predicted molar refractivity (Wildman–Crippen MR) is 127 cm³/mol. The van der Waals surface area contributed by atoms with Crippen LogP contribution in [0.25, 0.3) is 0 Å². The molecule has 0 aromatic heterocycles. The maximum Gasteiger partial charge on any atom is 0.119 e. The molecule has 1 atom stereocenters. The van der Waals surface area contributed by atoms with Crippen molar-refractivity contribution in [3.05, 3.63) is 119 Å². The number of hydrogen-bond acceptors (Lipinski definition) is 4. The monoisotopic (exact) mass is 428 g/mol. The molecular formula is C28H28O4. The van der Waals surface area contributed by atoms with Gasteiger partial charge in [0, 0.05) is 28.5 Å². The summed E-state index contributed by atoms with van der Waals surface area (Å²) in [7, 11) is 0. The lowest BCUT2D eigenvalue weighted by Gasteiger charge is -2.15. The van der Waals surface area contributed by atoms with Crippen molar-refractivity contribution < 1.29 is 20.4 Å². The molecule has 4 rings (SSSR count). The molecule has 32 heavy (non-hydrogen) atoms. The van der Waals surface area contributed by atoms with Gasteiger partial charge in [0.05, 0.1) is 0 Å². The van der Waals surface area contributed by atoms with E-state index in [2.05, 4.69) is 0 Å². The molecule has 1 unspecified atom stereocenters. The Morgan fingerprint density at radius 1 is 0.438 bits per heavy atom. The van der Waals surface area contributed by atoms with Crippen LogP contribution >= 0.6 is 0 Å². The van der Waals surface area contributed by atoms with Crippen molar-refractivity contribution in [1.82, 2.24) is 0 Å². The summed E-state index contributed by atoms with van der Waals surface area (Å²) in [6.45, 7) is 3.99. The Bertz CT molecular complexity index is 1110. The number of hydrogen-bond donors (Lipinski definition) is 4. The van der Waals surface area contributed by atoms with Crippen molar-refractivity contribution in [2.45, 2.75) is 25.7 Å². The van der Waals surface area contributed by atoms with Crippen LogP contribution in [0.3, 0.4) is 0 Å². The summed E-state index contributed by atoms with van der Waals surface area (Å²) >= 11 is 0. The number of para-hydroxylation sites is 3. The minimum Gasteiger partial charge on any atom is -0.508 e. The van der Waals surface area contributed by atoms with Crippen molar-refractivity contribution in [1.29, 1.82) is 0 Å². The first-order valence-corrected chi connectivity index (χ1v) is 10.5. The molecule has 0 saturated heterocycles. The van der Waals surface area contributed by atoms with Crippen molar-refractivity contribution in [3.8, 4) is 23.0 Å². The summed E-state index contributed by atoms with van der Waals surface area (Å²) in [5.74, 6) is 1.18. The highest BCUT2D eigenvalue weighted by molar-refractivity contribution is 5.45. The molecule has 164 valence electrons. The van der Waals surface area contributed by atoms with Crippen LogP contribution in [0, 0.1) is 0 Å². The van der Waals surface area contributed by atoms with Gasteiger partial charge in [-0.3, -0.25) is 0 Å². The highest BCUT2D eigenvalue weighted by Crippen LogP contribution is 2.34. The number of aromatic hydroxyl groups is 4. The largest absolute Gasteiger partial charge is 0.508 e. The van der Waals surface area contributed by atoms with Crippen molar-refractivity contribution >= 4 is 0 Å². The van der Waals surface area contributed by atoms with Crippen LogP contribution in [0.1, 0.15) is 47.9 Å². The van der Waals surface area contributed by atoms with Crippen LogP contribution in [0.15, 0.2) is 97.1 Å². The van der Waals surface area contributed by atoms with E-state index in [1.165, 1.54) is 0 Å². The van der Waals surface area contributed by atoms with Crippen molar-refractivity contribution in [3.63, 3.8) is 0 Å². The lowest BCUT2D eigenvalue weighted by molar-refractivity contribution is 0.456. The third kappa shape index (κ3) is 5.41. The second-order valence-electron chi connectivity index (χ2n) is 7.71. The first-order valence-electron chi connectivity index (χ1n) is 10.5. The van der Waals surface area contributed by atoms with Crippen LogP contribution in [0.2, 0.25) is 0 Å². The molecule has 0 amide bonds. The van der Waals surface area contributed by atoms with Crippen molar-refractivity contribution in [2.75, 3.05) is 0 Å². The molecule has 0 saturated carbocycles. The van der Waals surface area contributed by atoms with Gasteiger partial charge in [-0.05, 0) is 35.9 Å². The summed E-state index contributed by atoms with van der Waals surface area (Å²) in [4.78, 5) is 0. The Balaban J connectivity index is 0.000000181. The van der Waals surface area contributed by atoms with Crippen LogP contribution in [-0.4, -0.2) is 20.4 Å². The van der Waals surface area contributed by atoms with Gasteiger partial charge in [-0.1, -0.05) is 80.6 Å². The molecule has 0 aliphatic carbocycles. The maximum absolute atomic E-state index is 9.75. The third-order valence-corrected chi connectivity index (χ3v) is 5.60. The molecule has 4 heteroatoms. The fourth-order valence-electron chi connectivity index (χ4n) is 3.67. The molecule has 0 aliphatic rings. The van der Waals surface area contributed by atoms with Crippen LogP contribution in [-0.2, 0) is 0 Å². The molecule has 0 radical (unpaired) electrons. The van der Waals surface area contributed by atoms with Gasteiger partial charge in [0.25, 0.3) is 0 Å². The van der Waals surface area contributed by atoms with Gasteiger partial charge in [0.15, 0.2) is 0 Å². The average Bonchev–Trinajstić information content (AvgIpc) is 2.80. The van der Waals surface area contributed by atoms with Gasteiger partial charge >= 0.3 is 0 Å². The van der Waals surface area contributed by atoms with Gasteiger partial charge in [-0.2, -0.15) is 0 Å². The zero-order valence-electron chi connectivity index (χ0n) is 18.2. The van der Waals surface area contributed by atoms with E-state index in [1.54, 1.807) is 42.5 Å². The minimum atomic E-state index is -0.0256. The normalized spacial score (nSPS) is 11.5. The van der Waals surface area contributed by atoms with Crippen LogP contribution < -0.4 is 0 Å². The predicted octanol–water partition coefficient (Wildman–Crippen LogP) is 6.50. The quantitative estimate of drug-likeness (QED) is 0.299. The number of phenols is 4. The first kappa shape index (κ1) is 22.8. The van der Waals surface area contributed by atoms with Gasteiger partial charge < -0.3 is 20.4 Å². The lowest BCUT2D eigenvalue weighted by atomic mass is 9.92. The van der Waals surface area contributed by atoms with Crippen LogP contribution in [0.5, 0.6) is 23.0 Å². The summed E-state index contributed by atoms with van der Waals surface area (Å²) < 4.78 is 0. The Kier molecular flexibility index (Phi) is 7.40. The van der Waals surface area contributed by atoms with Crippen molar-refractivity contribution in [2.24, 2.45) is 0 Å². The highest BCUT2D eigenvalue weighted by atomic mass is 16.3. The van der Waals surface area contributed by atoms with Gasteiger partial charge in [-0.25, -0.2) is 0 Å². The molecule has 0 bridgehead atoms. The molecule has 4 aromatic carbocycles. The second-order valence-corrected chi connectivity index (χ2v) is 7.71. The average molecular weight is 429 g/mol. The van der Waals surface area contributed by atoms with E-state index in [0.29, 0.717) is 5.75 Å². The van der Waals surface area contributed by atoms with Gasteiger partial charge in [-0.15, -0.1) is 0 Å². The lowest BCUT2D eigenvalue weighted by Crippen LogP contribution is -1.96. The molecule has 4 nitrogen and oxygen atoms in total. The first-order chi connectivity index (χ1) is 15.4. The topological polar surface area (TPSA) is 80.9 Å². The zero-order chi connectivity index (χ0) is 23.1. The maximum atomic E-state index is 9.75. The van der Waals surface area contributed by atoms with E-state index in [0.717, 1.165) is 22.3 Å². The molecule has 0 fully saturated rings. The number of phenolic OH excluding ortho intramolecular Hbond substituents is 4. The number of benzene rings is 4. The van der Waals surface area contributed by atoms with E-state index in [1.807, 2.05) is 68.4 Å². The standard InChI is InChI=1S/2C14H14O2/c1-10(11-6-2-4-8-13(11)15)12-7-3-5-9-14(12)16;1-10(11-6-8-12(15)9-7-11)13-4-2-3-5-14(13)16/h2*2-10,15-16H,1H3. The van der Waals surface area contributed by atoms with Gasteiger partial charge in [0.1, 0.15) is 23.0 Å². The Morgan fingerprint density at radius 3 is 1.16 bits per heavy atom. The fourth-order valence-corrected chi connectivity index (χ4v) is 3.67. The highest BCUT2D eigenvalue weighted by Gasteiger charge is 2.15. The van der Waals surface area contributed by atoms with E-state index >= 15 is 0 Å². The van der Waals surface area contributed by atoms with Crippen LogP contribution in [0.4, 0.5) is 0 Å². The Morgan fingerprint density at radius 2 is 0.781 bits per heavy atom. The molecule has 0 heterocycles. The fraction of sp³-hybridized carbons (Fsp3) is 0.143. The second kappa shape index (κ2) is 10.4. The summed E-state index contributed by atoms with van der Waals surface area (Å²) in [6, 6.07) is 28.8. The van der Waals surface area contributed by atoms with E-state index < -0.39 is 0 Å². The molecule has 0 spiro atoms. The summed E-state index contributed by atoms with van der Waals surface area (Å²) in [5.41, 5.74) is 3.61. The molecule has 4 N–H and O–H groups in total. The summed E-state index contributed by atoms with van der Waals surface area (Å²) in [6.07, 6.45) is 0. The van der Waals surface area contributed by atoms with Gasteiger partial charge in [0.2, 0.25) is 0 Å². The zero-order valence-corrected chi connectivity index (χ0v) is 18.2. The Hall–Kier alpha value is -3.92. The van der Waals surface area contributed by atoms with E-state index in [4.69, 9.17) is 0 Å².